The number of aliphatic carboxylic acids is 1. The Morgan fingerprint density at radius 1 is 1.28 bits per heavy atom. The number of carbonyl (C=O) groups excluding carboxylic acids is 1. The van der Waals surface area contributed by atoms with Crippen LogP contribution >= 0.6 is 11.3 Å². The Morgan fingerprint density at radius 2 is 1.93 bits per heavy atom. The number of carbonyl (C=O) groups is 2. The van der Waals surface area contributed by atoms with E-state index in [2.05, 4.69) is 25.8 Å². The van der Waals surface area contributed by atoms with E-state index in [9.17, 15) is 14.7 Å². The van der Waals surface area contributed by atoms with Crippen LogP contribution in [0, 0.1) is 5.92 Å². The molecule has 1 amide bonds. The monoisotopic (exact) mass is 414 g/mol. The van der Waals surface area contributed by atoms with Gasteiger partial charge in [0.1, 0.15) is 5.54 Å². The third-order valence-corrected chi connectivity index (χ3v) is 6.63. The molecule has 6 heteroatoms. The summed E-state index contributed by atoms with van der Waals surface area (Å²) in [4.78, 5) is 32.0. The summed E-state index contributed by atoms with van der Waals surface area (Å²) in [6.45, 7) is 10.8. The molecule has 1 aromatic carbocycles. The molecule has 1 N–H and O–H groups in total. The van der Waals surface area contributed by atoms with E-state index in [4.69, 9.17) is 0 Å². The van der Waals surface area contributed by atoms with E-state index >= 15 is 0 Å². The Morgan fingerprint density at radius 3 is 2.41 bits per heavy atom. The number of amides is 1. The topological polar surface area (TPSA) is 70.5 Å². The second-order valence-electron chi connectivity index (χ2n) is 9.45. The molecule has 3 rings (SSSR count). The van der Waals surface area contributed by atoms with Crippen molar-refractivity contribution < 1.29 is 14.7 Å². The molecule has 1 saturated heterocycles. The van der Waals surface area contributed by atoms with Crippen molar-refractivity contribution in [3.8, 4) is 0 Å². The van der Waals surface area contributed by atoms with Crippen LogP contribution in [0.4, 0.5) is 0 Å². The highest BCUT2D eigenvalue weighted by Gasteiger charge is 2.54. The first kappa shape index (κ1) is 21.5. The summed E-state index contributed by atoms with van der Waals surface area (Å²) in [7, 11) is 0. The first-order valence-corrected chi connectivity index (χ1v) is 11.0. The van der Waals surface area contributed by atoms with Gasteiger partial charge in [0, 0.05) is 29.6 Å². The van der Waals surface area contributed by atoms with Crippen LogP contribution < -0.4 is 0 Å². The van der Waals surface area contributed by atoms with Crippen LogP contribution in [-0.4, -0.2) is 39.0 Å². The lowest BCUT2D eigenvalue weighted by atomic mass is 9.83. The van der Waals surface area contributed by atoms with Gasteiger partial charge in [-0.1, -0.05) is 46.8 Å². The average Bonchev–Trinajstić information content (AvgIpc) is 3.28. The second-order valence-corrected chi connectivity index (χ2v) is 10.4. The van der Waals surface area contributed by atoms with Crippen molar-refractivity contribution in [2.24, 2.45) is 5.92 Å². The molecule has 1 aliphatic heterocycles. The fraction of sp³-hybridized carbons (Fsp3) is 0.522. The van der Waals surface area contributed by atoms with E-state index in [1.54, 1.807) is 11.1 Å². The minimum Gasteiger partial charge on any atom is -0.479 e. The summed E-state index contributed by atoms with van der Waals surface area (Å²) in [6, 6.07) is 7.57. The number of rotatable bonds is 5. The Bertz CT molecular complexity index is 869. The molecule has 156 valence electrons. The normalized spacial score (nSPS) is 22.3. The smallest absolute Gasteiger partial charge is 0.329 e. The minimum atomic E-state index is -1.20. The number of likely N-dealkylation sites (tertiary alicyclic amines) is 1. The maximum absolute atomic E-state index is 13.5. The molecular formula is C23H30N2O3S. The van der Waals surface area contributed by atoms with Crippen LogP contribution in [0.1, 0.15) is 74.3 Å². The number of aromatic nitrogens is 1. The first-order valence-electron chi connectivity index (χ1n) is 10.1. The number of thiazole rings is 1. The molecule has 1 fully saturated rings. The number of benzene rings is 1. The molecule has 1 aromatic heterocycles. The van der Waals surface area contributed by atoms with Gasteiger partial charge in [-0.2, -0.15) is 0 Å². The SMILES string of the molecule is CC(C)C[C@@]1(C(=O)O)C[C@H](c2nccs2)CN1C(=O)c1ccc(C(C)(C)C)cc1. The summed E-state index contributed by atoms with van der Waals surface area (Å²) >= 11 is 1.52. The van der Waals surface area contributed by atoms with Crippen LogP contribution in [-0.2, 0) is 10.2 Å². The molecular weight excluding hydrogens is 384 g/mol. The van der Waals surface area contributed by atoms with Crippen molar-refractivity contribution in [1.82, 2.24) is 9.88 Å². The standard InChI is InChI=1S/C23H30N2O3S/c1-15(2)12-23(21(27)28)13-17(19-24-10-11-29-19)14-25(23)20(26)16-6-8-18(9-7-16)22(3,4)5/h6-11,15,17H,12-14H2,1-5H3,(H,27,28)/t17-,23-/m0/s1. The molecule has 2 atom stereocenters. The lowest BCUT2D eigenvalue weighted by molar-refractivity contribution is -0.149. The Labute approximate surface area is 176 Å². The quantitative estimate of drug-likeness (QED) is 0.752. The molecule has 0 aliphatic carbocycles. The zero-order valence-corrected chi connectivity index (χ0v) is 18.6. The van der Waals surface area contributed by atoms with Gasteiger partial charge in [0.05, 0.1) is 5.01 Å². The van der Waals surface area contributed by atoms with Crippen molar-refractivity contribution in [2.45, 2.75) is 64.3 Å². The van der Waals surface area contributed by atoms with Gasteiger partial charge >= 0.3 is 5.97 Å². The highest BCUT2D eigenvalue weighted by molar-refractivity contribution is 7.09. The fourth-order valence-electron chi connectivity index (χ4n) is 4.28. The molecule has 2 aromatic rings. The highest BCUT2D eigenvalue weighted by Crippen LogP contribution is 2.44. The van der Waals surface area contributed by atoms with Crippen molar-refractivity contribution in [3.63, 3.8) is 0 Å². The number of carboxylic acids is 1. The zero-order valence-electron chi connectivity index (χ0n) is 17.8. The maximum atomic E-state index is 13.5. The van der Waals surface area contributed by atoms with Crippen molar-refractivity contribution in [2.75, 3.05) is 6.54 Å². The van der Waals surface area contributed by atoms with E-state index in [1.807, 2.05) is 43.5 Å². The number of carboxylic acid groups (broad SMARTS) is 1. The van der Waals surface area contributed by atoms with Crippen LogP contribution in [0.25, 0.3) is 0 Å². The van der Waals surface area contributed by atoms with Crippen molar-refractivity contribution in [1.29, 1.82) is 0 Å². The summed E-state index contributed by atoms with van der Waals surface area (Å²) in [6.07, 6.45) is 2.57. The lowest BCUT2D eigenvalue weighted by Crippen LogP contribution is -2.53. The summed E-state index contributed by atoms with van der Waals surface area (Å²) < 4.78 is 0. The van der Waals surface area contributed by atoms with Crippen molar-refractivity contribution >= 4 is 23.2 Å². The Hall–Kier alpha value is -2.21. The van der Waals surface area contributed by atoms with Gasteiger partial charge in [0.25, 0.3) is 5.91 Å². The number of hydrogen-bond donors (Lipinski definition) is 1. The van der Waals surface area contributed by atoms with Gasteiger partial charge < -0.3 is 10.0 Å². The first-order chi connectivity index (χ1) is 13.5. The summed E-state index contributed by atoms with van der Waals surface area (Å²) in [5, 5.41) is 13.0. The van der Waals surface area contributed by atoms with Crippen molar-refractivity contribution in [3.05, 3.63) is 52.0 Å². The maximum Gasteiger partial charge on any atom is 0.329 e. The molecule has 0 radical (unpaired) electrons. The molecule has 0 bridgehead atoms. The van der Waals surface area contributed by atoms with Gasteiger partial charge in [-0.15, -0.1) is 11.3 Å². The molecule has 29 heavy (non-hydrogen) atoms. The molecule has 5 nitrogen and oxygen atoms in total. The molecule has 2 heterocycles. The third-order valence-electron chi connectivity index (χ3n) is 5.69. The molecule has 0 saturated carbocycles. The lowest BCUT2D eigenvalue weighted by Gasteiger charge is -2.36. The van der Waals surface area contributed by atoms with Crippen LogP contribution in [0.2, 0.25) is 0 Å². The van der Waals surface area contributed by atoms with Crippen LogP contribution in [0.15, 0.2) is 35.8 Å². The van der Waals surface area contributed by atoms with E-state index < -0.39 is 11.5 Å². The van der Waals surface area contributed by atoms with Gasteiger partial charge in [-0.05, 0) is 41.9 Å². The molecule has 0 spiro atoms. The van der Waals surface area contributed by atoms with Gasteiger partial charge in [-0.25, -0.2) is 9.78 Å². The highest BCUT2D eigenvalue weighted by atomic mass is 32.1. The predicted octanol–water partition coefficient (Wildman–Crippen LogP) is 4.94. The molecule has 1 aliphatic rings. The third kappa shape index (κ3) is 4.22. The summed E-state index contributed by atoms with van der Waals surface area (Å²) in [5.41, 5.74) is 0.466. The Kier molecular flexibility index (Phi) is 5.86. The second kappa shape index (κ2) is 7.90. The van der Waals surface area contributed by atoms with Crippen LogP contribution in [0.5, 0.6) is 0 Å². The van der Waals surface area contributed by atoms with Crippen LogP contribution in [0.3, 0.4) is 0 Å². The van der Waals surface area contributed by atoms with E-state index in [-0.39, 0.29) is 23.2 Å². The number of nitrogens with zero attached hydrogens (tertiary/aromatic N) is 2. The zero-order chi connectivity index (χ0) is 21.4. The molecule has 0 unspecified atom stereocenters. The largest absolute Gasteiger partial charge is 0.479 e. The fourth-order valence-corrected chi connectivity index (χ4v) is 5.02. The van der Waals surface area contributed by atoms with Gasteiger partial charge in [-0.3, -0.25) is 4.79 Å². The summed E-state index contributed by atoms with van der Waals surface area (Å²) in [5.74, 6) is -1.04. The Balaban J connectivity index is 1.98. The van der Waals surface area contributed by atoms with E-state index in [0.717, 1.165) is 10.6 Å². The minimum absolute atomic E-state index is 0.00633. The average molecular weight is 415 g/mol. The van der Waals surface area contributed by atoms with Gasteiger partial charge in [0.15, 0.2) is 0 Å². The van der Waals surface area contributed by atoms with E-state index in [0.29, 0.717) is 24.9 Å². The predicted molar refractivity (Wildman–Crippen MR) is 115 cm³/mol. The number of hydrogen-bond acceptors (Lipinski definition) is 4. The van der Waals surface area contributed by atoms with Gasteiger partial charge in [0.2, 0.25) is 0 Å². The van der Waals surface area contributed by atoms with E-state index in [1.165, 1.54) is 11.3 Å².